The van der Waals surface area contributed by atoms with Crippen LogP contribution in [0.1, 0.15) is 46.9 Å². The number of amides is 2. The van der Waals surface area contributed by atoms with Crippen molar-refractivity contribution < 1.29 is 19.1 Å². The van der Waals surface area contributed by atoms with E-state index in [1.54, 1.807) is 53.4 Å². The molecule has 0 unspecified atom stereocenters. The Hall–Kier alpha value is -3.15. The highest BCUT2D eigenvalue weighted by molar-refractivity contribution is 6.08. The van der Waals surface area contributed by atoms with Crippen molar-refractivity contribution in [1.29, 1.82) is 0 Å². The fraction of sp³-hybridized carbons (Fsp3) is 0.348. The number of carbonyl (C=O) groups excluding carboxylic acids is 3. The summed E-state index contributed by atoms with van der Waals surface area (Å²) in [5, 5.41) is 2.74. The van der Waals surface area contributed by atoms with Crippen LogP contribution in [0.2, 0.25) is 0 Å². The average Bonchev–Trinajstić information content (AvgIpc) is 3.56. The number of anilines is 1. The van der Waals surface area contributed by atoms with Gasteiger partial charge in [-0.15, -0.1) is 0 Å². The fourth-order valence-corrected chi connectivity index (χ4v) is 3.05. The number of carbonyl (C=O) groups is 3. The van der Waals surface area contributed by atoms with Crippen molar-refractivity contribution in [2.45, 2.75) is 26.2 Å². The molecule has 0 bridgehead atoms. The number of para-hydroxylation sites is 1. The van der Waals surface area contributed by atoms with Crippen LogP contribution in [0.4, 0.5) is 5.69 Å². The van der Waals surface area contributed by atoms with E-state index in [-0.39, 0.29) is 24.0 Å². The number of hydrogen-bond acceptors (Lipinski definition) is 4. The first-order valence-electron chi connectivity index (χ1n) is 9.98. The van der Waals surface area contributed by atoms with Gasteiger partial charge in [0, 0.05) is 18.7 Å². The van der Waals surface area contributed by atoms with Crippen LogP contribution in [-0.4, -0.2) is 42.4 Å². The normalized spacial score (nSPS) is 12.9. The number of benzene rings is 2. The summed E-state index contributed by atoms with van der Waals surface area (Å²) in [7, 11) is 0. The molecule has 6 heteroatoms. The average molecular weight is 394 g/mol. The molecular weight excluding hydrogens is 368 g/mol. The Kier molecular flexibility index (Phi) is 7.00. The number of rotatable bonds is 9. The van der Waals surface area contributed by atoms with Crippen molar-refractivity contribution in [2.75, 3.05) is 25.0 Å². The van der Waals surface area contributed by atoms with Crippen LogP contribution in [0.5, 0.6) is 0 Å². The summed E-state index contributed by atoms with van der Waals surface area (Å²) >= 11 is 0. The number of nitrogens with zero attached hydrogens (tertiary/aromatic N) is 1. The van der Waals surface area contributed by atoms with Crippen LogP contribution in [0.15, 0.2) is 54.6 Å². The predicted molar refractivity (Wildman–Crippen MR) is 111 cm³/mol. The van der Waals surface area contributed by atoms with E-state index in [9.17, 15) is 14.4 Å². The number of nitrogens with one attached hydrogen (secondary N) is 1. The fourth-order valence-electron chi connectivity index (χ4n) is 3.05. The molecule has 6 nitrogen and oxygen atoms in total. The second-order valence-corrected chi connectivity index (χ2v) is 7.22. The minimum Gasteiger partial charge on any atom is -0.452 e. The monoisotopic (exact) mass is 394 g/mol. The first-order chi connectivity index (χ1) is 14.1. The minimum absolute atomic E-state index is 0.182. The van der Waals surface area contributed by atoms with Crippen LogP contribution < -0.4 is 5.32 Å². The van der Waals surface area contributed by atoms with Gasteiger partial charge in [0.2, 0.25) is 0 Å². The van der Waals surface area contributed by atoms with Crippen LogP contribution in [0.25, 0.3) is 0 Å². The van der Waals surface area contributed by atoms with Crippen molar-refractivity contribution in [3.8, 4) is 0 Å². The molecule has 1 N–H and O–H groups in total. The highest BCUT2D eigenvalue weighted by atomic mass is 16.5. The highest BCUT2D eigenvalue weighted by Crippen LogP contribution is 2.29. The number of hydrogen-bond donors (Lipinski definition) is 1. The Labute approximate surface area is 170 Å². The molecule has 2 aromatic rings. The maximum Gasteiger partial charge on any atom is 0.340 e. The van der Waals surface area contributed by atoms with Gasteiger partial charge in [-0.25, -0.2) is 4.79 Å². The lowest BCUT2D eigenvalue weighted by Crippen LogP contribution is -2.36. The Bertz CT molecular complexity index is 862. The van der Waals surface area contributed by atoms with Crippen LogP contribution in [0.3, 0.4) is 0 Å². The lowest BCUT2D eigenvalue weighted by molar-refractivity contribution is -0.134. The largest absolute Gasteiger partial charge is 0.452 e. The van der Waals surface area contributed by atoms with E-state index < -0.39 is 5.97 Å². The zero-order chi connectivity index (χ0) is 20.6. The smallest absolute Gasteiger partial charge is 0.340 e. The van der Waals surface area contributed by atoms with Crippen LogP contribution >= 0.6 is 0 Å². The first kappa shape index (κ1) is 20.6. The van der Waals surface area contributed by atoms with Crippen molar-refractivity contribution in [2.24, 2.45) is 5.92 Å². The predicted octanol–water partition coefficient (Wildman–Crippen LogP) is 3.74. The number of esters is 1. The summed E-state index contributed by atoms with van der Waals surface area (Å²) in [4.78, 5) is 39.2. The molecule has 1 aliphatic carbocycles. The lowest BCUT2D eigenvalue weighted by Gasteiger charge is -2.22. The van der Waals surface area contributed by atoms with E-state index in [0.717, 1.165) is 25.8 Å². The third kappa shape index (κ3) is 5.91. The molecule has 0 saturated heterocycles. The second-order valence-electron chi connectivity index (χ2n) is 7.22. The second kappa shape index (κ2) is 9.87. The Morgan fingerprint density at radius 2 is 1.72 bits per heavy atom. The van der Waals surface area contributed by atoms with Gasteiger partial charge in [0.1, 0.15) is 0 Å². The molecule has 1 aliphatic rings. The summed E-state index contributed by atoms with van der Waals surface area (Å²) in [6, 6.07) is 15.4. The lowest BCUT2D eigenvalue weighted by atomic mass is 10.1. The molecule has 0 spiro atoms. The van der Waals surface area contributed by atoms with Gasteiger partial charge in [-0.05, 0) is 49.4 Å². The molecule has 2 aromatic carbocycles. The van der Waals surface area contributed by atoms with E-state index in [1.165, 1.54) is 0 Å². The topological polar surface area (TPSA) is 75.7 Å². The van der Waals surface area contributed by atoms with Crippen LogP contribution in [-0.2, 0) is 9.53 Å². The standard InChI is InChI=1S/C23H26N2O4/c1-2-14-25(15-17-12-13-17)21(26)16-29-23(28)19-10-6-7-11-20(19)24-22(27)18-8-4-3-5-9-18/h3-11,17H,2,12-16H2,1H3,(H,24,27). The van der Waals surface area contributed by atoms with Gasteiger partial charge in [-0.3, -0.25) is 9.59 Å². The van der Waals surface area contributed by atoms with Crippen molar-refractivity contribution >= 4 is 23.5 Å². The van der Waals surface area contributed by atoms with Crippen LogP contribution in [0, 0.1) is 5.92 Å². The molecule has 1 saturated carbocycles. The SMILES string of the molecule is CCCN(CC1CC1)C(=O)COC(=O)c1ccccc1NC(=O)c1ccccc1. The van der Waals surface area contributed by atoms with Crippen molar-refractivity contribution in [3.05, 3.63) is 65.7 Å². The van der Waals surface area contributed by atoms with Gasteiger partial charge in [0.05, 0.1) is 11.3 Å². The molecule has 1 fully saturated rings. The molecule has 0 heterocycles. The van der Waals surface area contributed by atoms with Gasteiger partial charge in [-0.1, -0.05) is 37.3 Å². The maximum atomic E-state index is 12.6. The van der Waals surface area contributed by atoms with E-state index >= 15 is 0 Å². The van der Waals surface area contributed by atoms with Gasteiger partial charge in [0.25, 0.3) is 11.8 Å². The van der Waals surface area contributed by atoms with Crippen molar-refractivity contribution in [1.82, 2.24) is 4.90 Å². The van der Waals surface area contributed by atoms with E-state index in [2.05, 4.69) is 5.32 Å². The Morgan fingerprint density at radius 1 is 1.03 bits per heavy atom. The summed E-state index contributed by atoms with van der Waals surface area (Å²) < 4.78 is 5.27. The minimum atomic E-state index is -0.634. The first-order valence-corrected chi connectivity index (χ1v) is 9.98. The van der Waals surface area contributed by atoms with Gasteiger partial charge >= 0.3 is 5.97 Å². The van der Waals surface area contributed by atoms with Gasteiger partial charge in [0.15, 0.2) is 6.61 Å². The zero-order valence-corrected chi connectivity index (χ0v) is 16.6. The molecule has 0 radical (unpaired) electrons. The zero-order valence-electron chi connectivity index (χ0n) is 16.6. The molecule has 29 heavy (non-hydrogen) atoms. The molecule has 152 valence electrons. The summed E-state index contributed by atoms with van der Waals surface area (Å²) in [6.07, 6.45) is 3.17. The molecule has 2 amide bonds. The van der Waals surface area contributed by atoms with E-state index in [1.807, 2.05) is 13.0 Å². The third-order valence-corrected chi connectivity index (χ3v) is 4.78. The number of ether oxygens (including phenoxy) is 1. The Balaban J connectivity index is 1.62. The summed E-state index contributed by atoms with van der Waals surface area (Å²) in [6.45, 7) is 3.11. The maximum absolute atomic E-state index is 12.6. The van der Waals surface area contributed by atoms with Gasteiger partial charge in [-0.2, -0.15) is 0 Å². The summed E-state index contributed by atoms with van der Waals surface area (Å²) in [5.41, 5.74) is 1.05. The van der Waals surface area contributed by atoms with Crippen molar-refractivity contribution in [3.63, 3.8) is 0 Å². The third-order valence-electron chi connectivity index (χ3n) is 4.78. The van der Waals surface area contributed by atoms with Gasteiger partial charge < -0.3 is 15.0 Å². The molecule has 0 atom stereocenters. The highest BCUT2D eigenvalue weighted by Gasteiger charge is 2.27. The van der Waals surface area contributed by atoms with E-state index in [4.69, 9.17) is 4.74 Å². The molecule has 0 aliphatic heterocycles. The quantitative estimate of drug-likeness (QED) is 0.658. The summed E-state index contributed by atoms with van der Waals surface area (Å²) in [5.74, 6) is -0.557. The molecule has 3 rings (SSSR count). The Morgan fingerprint density at radius 3 is 2.41 bits per heavy atom. The molecule has 0 aromatic heterocycles. The van der Waals surface area contributed by atoms with E-state index in [0.29, 0.717) is 23.7 Å². The molecular formula is C23H26N2O4.